The van der Waals surface area contributed by atoms with Crippen molar-refractivity contribution in [1.82, 2.24) is 29.5 Å². The van der Waals surface area contributed by atoms with Crippen LogP contribution in [0.4, 0.5) is 5.95 Å². The number of carbonyl (C=O) groups excluding carboxylic acids is 1. The Morgan fingerprint density at radius 2 is 2.00 bits per heavy atom. The summed E-state index contributed by atoms with van der Waals surface area (Å²) in [5, 5.41) is 7.53. The van der Waals surface area contributed by atoms with Crippen LogP contribution in [0.2, 0.25) is 0 Å². The second-order valence-electron chi connectivity index (χ2n) is 5.41. The van der Waals surface area contributed by atoms with Crippen molar-refractivity contribution in [1.29, 1.82) is 0 Å². The molecular weight excluding hydrogens is 294 g/mol. The molecule has 0 bridgehead atoms. The lowest BCUT2D eigenvalue weighted by molar-refractivity contribution is 0.0785. The van der Waals surface area contributed by atoms with Crippen molar-refractivity contribution in [2.45, 2.75) is 12.5 Å². The highest BCUT2D eigenvalue weighted by atomic mass is 16.2. The van der Waals surface area contributed by atoms with Gasteiger partial charge in [0.1, 0.15) is 0 Å². The highest BCUT2D eigenvalue weighted by molar-refractivity contribution is 5.93. The number of hydrogen-bond acceptors (Lipinski definition) is 6. The van der Waals surface area contributed by atoms with Crippen LogP contribution < -0.4 is 5.32 Å². The van der Waals surface area contributed by atoms with Gasteiger partial charge in [0.2, 0.25) is 5.95 Å². The van der Waals surface area contributed by atoms with E-state index < -0.39 is 0 Å². The Morgan fingerprint density at radius 1 is 1.17 bits per heavy atom. The monoisotopic (exact) mass is 309 g/mol. The molecule has 1 unspecified atom stereocenters. The maximum atomic E-state index is 12.6. The van der Waals surface area contributed by atoms with E-state index in [4.69, 9.17) is 0 Å². The fourth-order valence-corrected chi connectivity index (χ4v) is 2.72. The number of nitrogens with one attached hydrogen (secondary N) is 1. The van der Waals surface area contributed by atoms with Gasteiger partial charge in [-0.1, -0.05) is 0 Å². The summed E-state index contributed by atoms with van der Waals surface area (Å²) >= 11 is 0. The molecule has 3 aromatic rings. The highest BCUT2D eigenvalue weighted by Gasteiger charge is 2.28. The van der Waals surface area contributed by atoms with Gasteiger partial charge in [-0.25, -0.2) is 19.5 Å². The fraction of sp³-hybridized carbons (Fsp3) is 0.267. The van der Waals surface area contributed by atoms with Crippen LogP contribution in [0.25, 0.3) is 5.65 Å². The predicted molar refractivity (Wildman–Crippen MR) is 83.0 cm³/mol. The van der Waals surface area contributed by atoms with Gasteiger partial charge in [-0.05, 0) is 18.6 Å². The summed E-state index contributed by atoms with van der Waals surface area (Å²) in [6, 6.07) is 5.41. The van der Waals surface area contributed by atoms with E-state index in [0.717, 1.165) is 6.42 Å². The molecule has 3 aromatic heterocycles. The molecular formula is C15H15N7O. The summed E-state index contributed by atoms with van der Waals surface area (Å²) < 4.78 is 1.61. The van der Waals surface area contributed by atoms with Crippen molar-refractivity contribution < 1.29 is 4.79 Å². The van der Waals surface area contributed by atoms with Gasteiger partial charge in [0, 0.05) is 50.0 Å². The lowest BCUT2D eigenvalue weighted by Gasteiger charge is -2.15. The van der Waals surface area contributed by atoms with E-state index in [9.17, 15) is 4.79 Å². The Hall–Kier alpha value is -3.03. The summed E-state index contributed by atoms with van der Waals surface area (Å²) in [5.41, 5.74) is 1.09. The minimum absolute atomic E-state index is 0.0752. The van der Waals surface area contributed by atoms with E-state index in [1.54, 1.807) is 52.4 Å². The minimum Gasteiger partial charge on any atom is -0.350 e. The van der Waals surface area contributed by atoms with Gasteiger partial charge in [0.15, 0.2) is 11.3 Å². The van der Waals surface area contributed by atoms with Crippen molar-refractivity contribution in [2.24, 2.45) is 0 Å². The van der Waals surface area contributed by atoms with Gasteiger partial charge in [-0.3, -0.25) is 4.79 Å². The zero-order valence-electron chi connectivity index (χ0n) is 12.3. The van der Waals surface area contributed by atoms with Crippen LogP contribution in [0.15, 0.2) is 43.0 Å². The smallest absolute Gasteiger partial charge is 0.274 e. The predicted octanol–water partition coefficient (Wildman–Crippen LogP) is 0.846. The third-order valence-corrected chi connectivity index (χ3v) is 3.83. The first-order valence-electron chi connectivity index (χ1n) is 7.43. The summed E-state index contributed by atoms with van der Waals surface area (Å²) in [6.07, 6.45) is 7.70. The fourth-order valence-electron chi connectivity index (χ4n) is 2.72. The van der Waals surface area contributed by atoms with Crippen LogP contribution in [0.5, 0.6) is 0 Å². The molecule has 1 aliphatic rings. The number of anilines is 1. The standard InChI is InChI=1S/C15H15N7O/c23-14(12-9-13-16-6-2-7-22(13)20-12)21-8-3-11(10-21)19-15-17-4-1-5-18-15/h1-2,4-7,9,11H,3,8,10H2,(H,17,18,19). The maximum Gasteiger partial charge on any atom is 0.274 e. The summed E-state index contributed by atoms with van der Waals surface area (Å²) in [4.78, 5) is 26.9. The molecule has 0 saturated carbocycles. The van der Waals surface area contributed by atoms with Crippen molar-refractivity contribution in [3.05, 3.63) is 48.7 Å². The topological polar surface area (TPSA) is 88.3 Å². The molecule has 1 N–H and O–H groups in total. The Labute approximate surface area is 132 Å². The molecule has 4 heterocycles. The highest BCUT2D eigenvalue weighted by Crippen LogP contribution is 2.16. The number of nitrogens with zero attached hydrogens (tertiary/aromatic N) is 6. The van der Waals surface area contributed by atoms with Crippen molar-refractivity contribution >= 4 is 17.5 Å². The van der Waals surface area contributed by atoms with Crippen LogP contribution in [-0.4, -0.2) is 54.5 Å². The molecule has 4 rings (SSSR count). The molecule has 1 atom stereocenters. The number of fused-ring (bicyclic) bond motifs is 1. The molecule has 8 nitrogen and oxygen atoms in total. The Bertz CT molecular complexity index is 799. The number of amides is 1. The lowest BCUT2D eigenvalue weighted by Crippen LogP contribution is -2.32. The Kier molecular flexibility index (Phi) is 3.34. The van der Waals surface area contributed by atoms with Crippen molar-refractivity contribution in [3.8, 4) is 0 Å². The molecule has 0 aliphatic carbocycles. The van der Waals surface area contributed by atoms with Gasteiger partial charge in [-0.2, -0.15) is 5.10 Å². The molecule has 8 heteroatoms. The van der Waals surface area contributed by atoms with E-state index >= 15 is 0 Å². The summed E-state index contributed by atoms with van der Waals surface area (Å²) in [7, 11) is 0. The molecule has 1 amide bonds. The Morgan fingerprint density at radius 3 is 2.83 bits per heavy atom. The van der Waals surface area contributed by atoms with Crippen LogP contribution in [0.3, 0.4) is 0 Å². The number of likely N-dealkylation sites (tertiary alicyclic amines) is 1. The van der Waals surface area contributed by atoms with Crippen LogP contribution in [0.1, 0.15) is 16.9 Å². The quantitative estimate of drug-likeness (QED) is 0.771. The third kappa shape index (κ3) is 2.70. The zero-order chi connectivity index (χ0) is 15.6. The molecule has 0 spiro atoms. The normalized spacial score (nSPS) is 17.6. The molecule has 116 valence electrons. The first kappa shape index (κ1) is 13.6. The van der Waals surface area contributed by atoms with E-state index in [1.807, 2.05) is 0 Å². The van der Waals surface area contributed by atoms with E-state index in [0.29, 0.717) is 30.4 Å². The van der Waals surface area contributed by atoms with Crippen molar-refractivity contribution in [3.63, 3.8) is 0 Å². The Balaban J connectivity index is 1.45. The van der Waals surface area contributed by atoms with Gasteiger partial charge < -0.3 is 10.2 Å². The van der Waals surface area contributed by atoms with Gasteiger partial charge in [0.25, 0.3) is 5.91 Å². The van der Waals surface area contributed by atoms with Crippen LogP contribution >= 0.6 is 0 Å². The summed E-state index contributed by atoms with van der Waals surface area (Å²) in [5.74, 6) is 0.512. The van der Waals surface area contributed by atoms with E-state index in [-0.39, 0.29) is 11.9 Å². The van der Waals surface area contributed by atoms with Gasteiger partial charge in [-0.15, -0.1) is 0 Å². The number of aromatic nitrogens is 5. The van der Waals surface area contributed by atoms with E-state index in [1.165, 1.54) is 0 Å². The number of rotatable bonds is 3. The minimum atomic E-state index is -0.0752. The molecule has 0 aromatic carbocycles. The first-order valence-corrected chi connectivity index (χ1v) is 7.43. The molecule has 1 aliphatic heterocycles. The van der Waals surface area contributed by atoms with Gasteiger partial charge in [0.05, 0.1) is 0 Å². The SMILES string of the molecule is O=C(c1cc2ncccn2n1)N1CCC(Nc2ncccn2)C1. The lowest BCUT2D eigenvalue weighted by atomic mass is 10.3. The maximum absolute atomic E-state index is 12.6. The number of hydrogen-bond donors (Lipinski definition) is 1. The number of carbonyl (C=O) groups is 1. The molecule has 23 heavy (non-hydrogen) atoms. The molecule has 1 fully saturated rings. The first-order chi connectivity index (χ1) is 11.3. The van der Waals surface area contributed by atoms with E-state index in [2.05, 4.69) is 25.4 Å². The van der Waals surface area contributed by atoms with Crippen LogP contribution in [-0.2, 0) is 0 Å². The second-order valence-corrected chi connectivity index (χ2v) is 5.41. The van der Waals surface area contributed by atoms with Crippen LogP contribution in [0, 0.1) is 0 Å². The molecule has 0 radical (unpaired) electrons. The third-order valence-electron chi connectivity index (χ3n) is 3.83. The van der Waals surface area contributed by atoms with Gasteiger partial charge >= 0.3 is 0 Å². The zero-order valence-corrected chi connectivity index (χ0v) is 12.3. The average Bonchev–Trinajstić information content (AvgIpc) is 3.21. The second kappa shape index (κ2) is 5.64. The average molecular weight is 309 g/mol. The largest absolute Gasteiger partial charge is 0.350 e. The van der Waals surface area contributed by atoms with Crippen molar-refractivity contribution in [2.75, 3.05) is 18.4 Å². The molecule has 1 saturated heterocycles. The summed E-state index contributed by atoms with van der Waals surface area (Å²) in [6.45, 7) is 1.29.